The zero-order chi connectivity index (χ0) is 14.2. The van der Waals surface area contributed by atoms with Gasteiger partial charge in [-0.2, -0.15) is 5.10 Å². The lowest BCUT2D eigenvalue weighted by molar-refractivity contribution is 0.349. The molecule has 4 nitrogen and oxygen atoms in total. The predicted octanol–water partition coefficient (Wildman–Crippen LogP) is 2.72. The van der Waals surface area contributed by atoms with Gasteiger partial charge in [-0.3, -0.25) is 0 Å². The molecule has 104 valence electrons. The highest BCUT2D eigenvalue weighted by atomic mass is 32.1. The van der Waals surface area contributed by atoms with Crippen LogP contribution in [0.2, 0.25) is 0 Å². The smallest absolute Gasteiger partial charge is 0.159 e. The molecule has 0 bridgehead atoms. The van der Waals surface area contributed by atoms with Crippen LogP contribution in [-0.4, -0.2) is 21.2 Å². The van der Waals surface area contributed by atoms with Gasteiger partial charge in [0.15, 0.2) is 5.82 Å². The van der Waals surface area contributed by atoms with Crippen LogP contribution in [0.1, 0.15) is 49.9 Å². The van der Waals surface area contributed by atoms with Crippen LogP contribution in [0.15, 0.2) is 0 Å². The van der Waals surface area contributed by atoms with E-state index in [-0.39, 0.29) is 5.41 Å². The molecule has 1 aliphatic rings. The molecule has 1 atom stereocenters. The minimum Gasteiger partial charge on any atom is -0.389 e. The number of aryl methyl sites for hydroxylation is 1. The van der Waals surface area contributed by atoms with Crippen LogP contribution in [0.4, 0.5) is 5.82 Å². The standard InChI is InChI=1S/C14H22N4S/c1-8-9(2)17-18-13(11(8)12(15)19)16-10-6-5-7-14(10,3)4/h10H,5-7H2,1-4H3,(H2,15,19)(H,16,18). The van der Waals surface area contributed by atoms with Crippen LogP contribution in [0.3, 0.4) is 0 Å². The molecule has 0 spiro atoms. The number of anilines is 1. The molecular weight excluding hydrogens is 256 g/mol. The van der Waals surface area contributed by atoms with Gasteiger partial charge in [-0.05, 0) is 37.7 Å². The highest BCUT2D eigenvalue weighted by Gasteiger charge is 2.35. The summed E-state index contributed by atoms with van der Waals surface area (Å²) < 4.78 is 0. The summed E-state index contributed by atoms with van der Waals surface area (Å²) in [7, 11) is 0. The monoisotopic (exact) mass is 278 g/mol. The maximum atomic E-state index is 5.85. The summed E-state index contributed by atoms with van der Waals surface area (Å²) in [5.74, 6) is 0.732. The van der Waals surface area contributed by atoms with E-state index in [2.05, 4.69) is 29.4 Å². The van der Waals surface area contributed by atoms with Crippen molar-refractivity contribution in [3.8, 4) is 0 Å². The number of hydrogen-bond acceptors (Lipinski definition) is 4. The summed E-state index contributed by atoms with van der Waals surface area (Å²) in [6.07, 6.45) is 3.62. The van der Waals surface area contributed by atoms with E-state index < -0.39 is 0 Å². The number of thiocarbonyl (C=S) groups is 1. The Bertz CT molecular complexity index is 510. The van der Waals surface area contributed by atoms with Crippen molar-refractivity contribution in [3.05, 3.63) is 16.8 Å². The lowest BCUT2D eigenvalue weighted by Gasteiger charge is -2.29. The molecule has 1 unspecified atom stereocenters. The zero-order valence-corrected chi connectivity index (χ0v) is 12.9. The van der Waals surface area contributed by atoms with Crippen LogP contribution < -0.4 is 11.1 Å². The van der Waals surface area contributed by atoms with Crippen LogP contribution in [0.25, 0.3) is 0 Å². The molecule has 0 aliphatic heterocycles. The van der Waals surface area contributed by atoms with E-state index in [0.717, 1.165) is 29.1 Å². The Morgan fingerprint density at radius 3 is 2.58 bits per heavy atom. The number of nitrogens with zero attached hydrogens (tertiary/aromatic N) is 2. The molecule has 0 radical (unpaired) electrons. The Labute approximate surface area is 120 Å². The van der Waals surface area contributed by atoms with Crippen molar-refractivity contribution in [3.63, 3.8) is 0 Å². The summed E-state index contributed by atoms with van der Waals surface area (Å²) in [6, 6.07) is 0.400. The first-order valence-electron chi connectivity index (χ1n) is 6.73. The van der Waals surface area contributed by atoms with Crippen molar-refractivity contribution >= 4 is 23.0 Å². The molecule has 0 amide bonds. The normalized spacial score (nSPS) is 21.4. The highest BCUT2D eigenvalue weighted by Crippen LogP contribution is 2.39. The maximum absolute atomic E-state index is 5.85. The minimum absolute atomic E-state index is 0.272. The van der Waals surface area contributed by atoms with Gasteiger partial charge in [0.2, 0.25) is 0 Å². The van der Waals surface area contributed by atoms with Gasteiger partial charge in [0, 0.05) is 6.04 Å². The van der Waals surface area contributed by atoms with E-state index in [4.69, 9.17) is 18.0 Å². The fourth-order valence-corrected chi connectivity index (χ4v) is 3.02. The highest BCUT2D eigenvalue weighted by molar-refractivity contribution is 7.80. The van der Waals surface area contributed by atoms with Crippen LogP contribution >= 0.6 is 12.2 Å². The summed E-state index contributed by atoms with van der Waals surface area (Å²) in [6.45, 7) is 8.48. The SMILES string of the molecule is Cc1nnc(NC2CCCC2(C)C)c(C(N)=S)c1C. The van der Waals surface area contributed by atoms with E-state index >= 15 is 0 Å². The molecule has 3 N–H and O–H groups in total. The molecule has 1 aliphatic carbocycles. The van der Waals surface area contributed by atoms with Gasteiger partial charge in [0.1, 0.15) is 4.99 Å². The van der Waals surface area contributed by atoms with Crippen molar-refractivity contribution in [2.75, 3.05) is 5.32 Å². The van der Waals surface area contributed by atoms with Crippen LogP contribution in [-0.2, 0) is 0 Å². The van der Waals surface area contributed by atoms with Crippen LogP contribution in [0.5, 0.6) is 0 Å². The molecule has 1 aromatic rings. The van der Waals surface area contributed by atoms with E-state index in [0.29, 0.717) is 11.0 Å². The fraction of sp³-hybridized carbons (Fsp3) is 0.643. The second kappa shape index (κ2) is 5.04. The Morgan fingerprint density at radius 2 is 2.05 bits per heavy atom. The molecule has 1 aromatic heterocycles. The van der Waals surface area contributed by atoms with Gasteiger partial charge in [-0.1, -0.05) is 32.5 Å². The molecular formula is C14H22N4S. The van der Waals surface area contributed by atoms with Crippen molar-refractivity contribution in [2.45, 2.75) is 53.0 Å². The quantitative estimate of drug-likeness (QED) is 0.832. The molecule has 19 heavy (non-hydrogen) atoms. The van der Waals surface area contributed by atoms with Crippen LogP contribution in [0, 0.1) is 19.3 Å². The summed E-state index contributed by atoms with van der Waals surface area (Å²) in [5, 5.41) is 12.0. The average molecular weight is 278 g/mol. The lowest BCUT2D eigenvalue weighted by Crippen LogP contribution is -2.32. The van der Waals surface area contributed by atoms with E-state index in [1.807, 2.05) is 13.8 Å². The maximum Gasteiger partial charge on any atom is 0.159 e. The third kappa shape index (κ3) is 2.71. The second-order valence-corrected chi connectivity index (χ2v) is 6.52. The fourth-order valence-electron chi connectivity index (χ4n) is 2.77. The average Bonchev–Trinajstić information content (AvgIpc) is 2.63. The van der Waals surface area contributed by atoms with Gasteiger partial charge < -0.3 is 11.1 Å². The number of rotatable bonds is 3. The molecule has 0 aromatic carbocycles. The molecule has 1 fully saturated rings. The van der Waals surface area contributed by atoms with E-state index in [1.165, 1.54) is 12.8 Å². The minimum atomic E-state index is 0.272. The first-order valence-corrected chi connectivity index (χ1v) is 7.14. The largest absolute Gasteiger partial charge is 0.389 e. The van der Waals surface area contributed by atoms with E-state index in [1.54, 1.807) is 0 Å². The van der Waals surface area contributed by atoms with Crippen molar-refractivity contribution in [1.82, 2.24) is 10.2 Å². The van der Waals surface area contributed by atoms with Crippen molar-refractivity contribution < 1.29 is 0 Å². The summed E-state index contributed by atoms with van der Waals surface area (Å²) in [4.78, 5) is 0.383. The third-order valence-corrected chi connectivity index (χ3v) is 4.47. The summed E-state index contributed by atoms with van der Waals surface area (Å²) >= 11 is 5.16. The van der Waals surface area contributed by atoms with Gasteiger partial charge in [-0.25, -0.2) is 0 Å². The first-order chi connectivity index (χ1) is 8.83. The van der Waals surface area contributed by atoms with Crippen molar-refractivity contribution in [2.24, 2.45) is 11.1 Å². The zero-order valence-electron chi connectivity index (χ0n) is 12.1. The Balaban J connectivity index is 2.35. The Morgan fingerprint density at radius 1 is 1.37 bits per heavy atom. The number of hydrogen-bond donors (Lipinski definition) is 2. The molecule has 0 saturated heterocycles. The molecule has 1 saturated carbocycles. The Kier molecular flexibility index (Phi) is 3.76. The topological polar surface area (TPSA) is 63.8 Å². The number of aromatic nitrogens is 2. The summed E-state index contributed by atoms with van der Waals surface area (Å²) in [5.41, 5.74) is 8.85. The second-order valence-electron chi connectivity index (χ2n) is 6.08. The van der Waals surface area contributed by atoms with Crippen molar-refractivity contribution in [1.29, 1.82) is 0 Å². The molecule has 1 heterocycles. The number of nitrogens with two attached hydrogens (primary N) is 1. The van der Waals surface area contributed by atoms with Gasteiger partial charge in [-0.15, -0.1) is 5.10 Å². The first kappa shape index (κ1) is 14.2. The predicted molar refractivity (Wildman–Crippen MR) is 82.4 cm³/mol. The van der Waals surface area contributed by atoms with Gasteiger partial charge in [0.25, 0.3) is 0 Å². The lowest BCUT2D eigenvalue weighted by atomic mass is 9.87. The molecule has 5 heteroatoms. The van der Waals surface area contributed by atoms with Gasteiger partial charge >= 0.3 is 0 Å². The van der Waals surface area contributed by atoms with Gasteiger partial charge in [0.05, 0.1) is 11.3 Å². The Hall–Kier alpha value is -1.23. The van der Waals surface area contributed by atoms with E-state index in [9.17, 15) is 0 Å². The number of nitrogens with one attached hydrogen (secondary N) is 1. The third-order valence-electron chi connectivity index (χ3n) is 4.27. The molecule has 2 rings (SSSR count).